The van der Waals surface area contributed by atoms with Gasteiger partial charge in [0.05, 0.1) is 5.52 Å². The molecule has 4 heteroatoms. The number of aromatic nitrogens is 1. The predicted molar refractivity (Wildman–Crippen MR) is 60.6 cm³/mol. The minimum atomic E-state index is -0.922. The number of hydrogen-bond donors (Lipinski definition) is 1. The number of hydrogen-bond acceptors (Lipinski definition) is 2. The average Bonchev–Trinajstić information content (AvgIpc) is 2.29. The number of rotatable bonds is 2. The second kappa shape index (κ2) is 3.81. The van der Waals surface area contributed by atoms with Crippen molar-refractivity contribution in [2.75, 3.05) is 0 Å². The van der Waals surface area contributed by atoms with Gasteiger partial charge in [-0.1, -0.05) is 12.1 Å². The maximum absolute atomic E-state index is 11.6. The Morgan fingerprint density at radius 3 is 2.69 bits per heavy atom. The Hall–Kier alpha value is -2.10. The van der Waals surface area contributed by atoms with Gasteiger partial charge < -0.3 is 9.67 Å². The fraction of sp³-hybridized carbons (Fsp3) is 0.167. The van der Waals surface area contributed by atoms with Crippen LogP contribution in [0.4, 0.5) is 0 Å². The van der Waals surface area contributed by atoms with Crippen molar-refractivity contribution in [3.8, 4) is 0 Å². The largest absolute Gasteiger partial charge is 0.480 e. The van der Waals surface area contributed by atoms with E-state index in [1.807, 2.05) is 0 Å². The Morgan fingerprint density at radius 2 is 2.00 bits per heavy atom. The first kappa shape index (κ1) is 10.4. The zero-order chi connectivity index (χ0) is 11.7. The Bertz CT molecular complexity index is 600. The molecule has 2 aromatic rings. The quantitative estimate of drug-likeness (QED) is 0.832. The van der Waals surface area contributed by atoms with Crippen LogP contribution in [0.1, 0.15) is 13.0 Å². The number of benzene rings is 1. The van der Waals surface area contributed by atoms with Gasteiger partial charge in [0, 0.05) is 17.6 Å². The zero-order valence-corrected chi connectivity index (χ0v) is 8.75. The summed E-state index contributed by atoms with van der Waals surface area (Å²) in [5.41, 5.74) is 0.550. The van der Waals surface area contributed by atoms with E-state index in [2.05, 4.69) is 0 Å². The lowest BCUT2D eigenvalue weighted by molar-refractivity contribution is -0.140. The molecule has 16 heavy (non-hydrogen) atoms. The van der Waals surface area contributed by atoms with Gasteiger partial charge in [-0.2, -0.15) is 0 Å². The molecule has 1 atom stereocenters. The highest BCUT2D eigenvalue weighted by Crippen LogP contribution is 2.15. The summed E-state index contributed by atoms with van der Waals surface area (Å²) in [7, 11) is 0. The predicted octanol–water partition coefficient (Wildman–Crippen LogP) is 1.65. The molecule has 2 rings (SSSR count). The maximum atomic E-state index is 11.6. The number of para-hydroxylation sites is 1. The van der Waals surface area contributed by atoms with Gasteiger partial charge in [0.15, 0.2) is 5.43 Å². The van der Waals surface area contributed by atoms with Gasteiger partial charge in [-0.3, -0.25) is 4.79 Å². The van der Waals surface area contributed by atoms with Crippen molar-refractivity contribution in [1.82, 2.24) is 4.57 Å². The van der Waals surface area contributed by atoms with Gasteiger partial charge in [0.25, 0.3) is 0 Å². The third-order valence-corrected chi connectivity index (χ3v) is 2.61. The molecule has 0 fully saturated rings. The van der Waals surface area contributed by atoms with Crippen LogP contribution in [0.3, 0.4) is 0 Å². The first-order valence-electron chi connectivity index (χ1n) is 4.94. The molecule has 0 aliphatic heterocycles. The molecule has 0 aliphatic carbocycles. The summed E-state index contributed by atoms with van der Waals surface area (Å²) in [5.74, 6) is -0.922. The topological polar surface area (TPSA) is 59.3 Å². The van der Waals surface area contributed by atoms with Crippen LogP contribution in [0.25, 0.3) is 10.9 Å². The third kappa shape index (κ3) is 1.58. The summed E-state index contributed by atoms with van der Waals surface area (Å²) < 4.78 is 1.58. The van der Waals surface area contributed by atoms with Crippen molar-refractivity contribution >= 4 is 16.9 Å². The van der Waals surface area contributed by atoms with Crippen LogP contribution in [0, 0.1) is 0 Å². The summed E-state index contributed by atoms with van der Waals surface area (Å²) in [6, 6.07) is 7.69. The lowest BCUT2D eigenvalue weighted by Crippen LogP contribution is -2.18. The van der Waals surface area contributed by atoms with Crippen LogP contribution in [0.5, 0.6) is 0 Å². The van der Waals surface area contributed by atoms with E-state index in [-0.39, 0.29) is 5.43 Å². The minimum Gasteiger partial charge on any atom is -0.480 e. The smallest absolute Gasteiger partial charge is 0.326 e. The molecule has 1 heterocycles. The molecule has 0 saturated carbocycles. The summed E-state index contributed by atoms with van der Waals surface area (Å²) in [6.45, 7) is 1.58. The number of aliphatic carboxylic acids is 1. The number of carboxylic acids is 1. The van der Waals surface area contributed by atoms with E-state index >= 15 is 0 Å². The van der Waals surface area contributed by atoms with Crippen LogP contribution >= 0.6 is 0 Å². The maximum Gasteiger partial charge on any atom is 0.326 e. The van der Waals surface area contributed by atoms with E-state index in [1.165, 1.54) is 12.3 Å². The molecule has 1 aromatic carbocycles. The van der Waals surface area contributed by atoms with Crippen LogP contribution < -0.4 is 5.43 Å². The third-order valence-electron chi connectivity index (χ3n) is 2.61. The molecule has 1 unspecified atom stereocenters. The molecule has 1 N–H and O–H groups in total. The average molecular weight is 217 g/mol. The van der Waals surface area contributed by atoms with Crippen LogP contribution in [-0.2, 0) is 4.79 Å². The van der Waals surface area contributed by atoms with Crippen molar-refractivity contribution in [2.24, 2.45) is 0 Å². The highest BCUT2D eigenvalue weighted by Gasteiger charge is 2.14. The summed E-state index contributed by atoms with van der Waals surface area (Å²) >= 11 is 0. The normalized spacial score (nSPS) is 12.6. The van der Waals surface area contributed by atoms with Gasteiger partial charge in [-0.05, 0) is 19.1 Å². The van der Waals surface area contributed by atoms with Crippen molar-refractivity contribution in [3.05, 3.63) is 46.8 Å². The van der Waals surface area contributed by atoms with Crippen LogP contribution in [-0.4, -0.2) is 15.6 Å². The minimum absolute atomic E-state index is 0.0931. The Morgan fingerprint density at radius 1 is 1.31 bits per heavy atom. The molecule has 0 spiro atoms. The number of carboxylic acid groups (broad SMARTS) is 1. The second-order valence-electron chi connectivity index (χ2n) is 3.62. The van der Waals surface area contributed by atoms with Gasteiger partial charge >= 0.3 is 5.97 Å². The zero-order valence-electron chi connectivity index (χ0n) is 8.75. The molecule has 4 nitrogen and oxygen atoms in total. The first-order valence-corrected chi connectivity index (χ1v) is 4.94. The van der Waals surface area contributed by atoms with Crippen LogP contribution in [0.15, 0.2) is 41.3 Å². The molecule has 0 amide bonds. The summed E-state index contributed by atoms with van der Waals surface area (Å²) in [4.78, 5) is 22.5. The fourth-order valence-electron chi connectivity index (χ4n) is 1.68. The van der Waals surface area contributed by atoms with Crippen molar-refractivity contribution < 1.29 is 9.90 Å². The van der Waals surface area contributed by atoms with E-state index < -0.39 is 12.0 Å². The van der Waals surface area contributed by atoms with E-state index in [4.69, 9.17) is 5.11 Å². The van der Waals surface area contributed by atoms with E-state index in [0.717, 1.165) is 0 Å². The van der Waals surface area contributed by atoms with Gasteiger partial charge in [0.2, 0.25) is 0 Å². The fourth-order valence-corrected chi connectivity index (χ4v) is 1.68. The molecule has 1 aromatic heterocycles. The Kier molecular flexibility index (Phi) is 2.48. The van der Waals surface area contributed by atoms with Gasteiger partial charge in [-0.25, -0.2) is 4.79 Å². The Balaban J connectivity index is 2.77. The molecule has 0 bridgehead atoms. The SMILES string of the molecule is CC(C(=O)O)n1ccc(=O)c2ccccc21. The van der Waals surface area contributed by atoms with Crippen molar-refractivity contribution in [2.45, 2.75) is 13.0 Å². The van der Waals surface area contributed by atoms with Gasteiger partial charge in [0.1, 0.15) is 6.04 Å². The van der Waals surface area contributed by atoms with E-state index in [1.54, 1.807) is 35.8 Å². The second-order valence-corrected chi connectivity index (χ2v) is 3.62. The molecular formula is C12H11NO3. The van der Waals surface area contributed by atoms with Crippen LogP contribution in [0.2, 0.25) is 0 Å². The number of carbonyl (C=O) groups is 1. The monoisotopic (exact) mass is 217 g/mol. The summed E-state index contributed by atoms with van der Waals surface area (Å²) in [6.07, 6.45) is 1.52. The number of pyridine rings is 1. The number of nitrogens with zero attached hydrogens (tertiary/aromatic N) is 1. The summed E-state index contributed by atoms with van der Waals surface area (Å²) in [5, 5.41) is 9.51. The Labute approximate surface area is 91.8 Å². The lowest BCUT2D eigenvalue weighted by Gasteiger charge is -2.14. The molecular weight excluding hydrogens is 206 g/mol. The van der Waals surface area contributed by atoms with E-state index in [0.29, 0.717) is 10.9 Å². The lowest BCUT2D eigenvalue weighted by atomic mass is 10.2. The number of fused-ring (bicyclic) bond motifs is 1. The first-order chi connectivity index (χ1) is 7.61. The molecule has 82 valence electrons. The highest BCUT2D eigenvalue weighted by molar-refractivity contribution is 5.81. The van der Waals surface area contributed by atoms with E-state index in [9.17, 15) is 9.59 Å². The molecule has 0 radical (unpaired) electrons. The highest BCUT2D eigenvalue weighted by atomic mass is 16.4. The van der Waals surface area contributed by atoms with Gasteiger partial charge in [-0.15, -0.1) is 0 Å². The standard InChI is InChI=1S/C12H11NO3/c1-8(12(15)16)13-7-6-11(14)9-4-2-3-5-10(9)13/h2-8H,1H3,(H,15,16). The molecule has 0 aliphatic rings. The van der Waals surface area contributed by atoms with Crippen molar-refractivity contribution in [3.63, 3.8) is 0 Å². The molecule has 0 saturated heterocycles. The van der Waals surface area contributed by atoms with Crippen molar-refractivity contribution in [1.29, 1.82) is 0 Å².